The highest BCUT2D eigenvalue weighted by molar-refractivity contribution is 5.79. The van der Waals surface area contributed by atoms with Gasteiger partial charge in [0.2, 0.25) is 0 Å². The Bertz CT molecular complexity index is 292. The van der Waals surface area contributed by atoms with Gasteiger partial charge in [-0.3, -0.25) is 4.79 Å². The number of carbonyl (C=O) groups is 1. The minimum atomic E-state index is -0.687. The van der Waals surface area contributed by atoms with Crippen LogP contribution in [-0.4, -0.2) is 48.7 Å². The van der Waals surface area contributed by atoms with Gasteiger partial charge in [-0.1, -0.05) is 26.7 Å². The lowest BCUT2D eigenvalue weighted by Crippen LogP contribution is -2.56. The average molecular weight is 270 g/mol. The van der Waals surface area contributed by atoms with E-state index < -0.39 is 11.5 Å². The van der Waals surface area contributed by atoms with Gasteiger partial charge in [-0.25, -0.2) is 0 Å². The molecule has 1 fully saturated rings. The predicted octanol–water partition coefficient (Wildman–Crippen LogP) is 2.20. The largest absolute Gasteiger partial charge is 0.480 e. The van der Waals surface area contributed by atoms with Crippen LogP contribution in [0.1, 0.15) is 46.0 Å². The maximum atomic E-state index is 11.7. The fourth-order valence-electron chi connectivity index (χ4n) is 3.21. The first-order valence-corrected chi connectivity index (χ1v) is 7.49. The first-order chi connectivity index (χ1) is 8.85. The van der Waals surface area contributed by atoms with Crippen molar-refractivity contribution in [2.45, 2.75) is 51.5 Å². The molecule has 0 saturated heterocycles. The van der Waals surface area contributed by atoms with E-state index in [1.807, 2.05) is 14.1 Å². The minimum absolute atomic E-state index is 0.553. The summed E-state index contributed by atoms with van der Waals surface area (Å²) in [5, 5.41) is 13.0. The number of hydrogen-bond donors (Lipinski definition) is 2. The van der Waals surface area contributed by atoms with Crippen LogP contribution in [0.5, 0.6) is 0 Å². The third kappa shape index (κ3) is 5.11. The van der Waals surface area contributed by atoms with E-state index >= 15 is 0 Å². The Morgan fingerprint density at radius 2 is 2.16 bits per heavy atom. The Hall–Kier alpha value is -0.610. The first kappa shape index (κ1) is 16.4. The van der Waals surface area contributed by atoms with Crippen LogP contribution in [0.25, 0.3) is 0 Å². The fourth-order valence-corrected chi connectivity index (χ4v) is 3.21. The number of nitrogens with zero attached hydrogens (tertiary/aromatic N) is 1. The Morgan fingerprint density at radius 3 is 2.68 bits per heavy atom. The molecule has 0 amide bonds. The summed E-state index contributed by atoms with van der Waals surface area (Å²) in [5.74, 6) is 0.535. The lowest BCUT2D eigenvalue weighted by Gasteiger charge is -2.39. The maximum Gasteiger partial charge on any atom is 0.323 e. The molecule has 0 radical (unpaired) electrons. The number of nitrogens with one attached hydrogen (secondary N) is 1. The van der Waals surface area contributed by atoms with E-state index in [0.717, 1.165) is 38.8 Å². The van der Waals surface area contributed by atoms with Gasteiger partial charge in [0.1, 0.15) is 5.54 Å². The second-order valence-corrected chi connectivity index (χ2v) is 6.71. The molecular weight excluding hydrogens is 240 g/mol. The van der Waals surface area contributed by atoms with Crippen LogP contribution in [0, 0.1) is 11.8 Å². The monoisotopic (exact) mass is 270 g/mol. The third-order valence-corrected chi connectivity index (χ3v) is 4.09. The van der Waals surface area contributed by atoms with E-state index in [9.17, 15) is 9.90 Å². The predicted molar refractivity (Wildman–Crippen MR) is 78.3 cm³/mol. The summed E-state index contributed by atoms with van der Waals surface area (Å²) in [6.45, 7) is 6.06. The van der Waals surface area contributed by atoms with Crippen LogP contribution in [0.15, 0.2) is 0 Å². The highest BCUT2D eigenvalue weighted by Crippen LogP contribution is 2.36. The standard InChI is InChI=1S/C15H30N2O2/c1-12(2)10-13-6-5-7-15(11-13,14(18)19)16-8-9-17(3)4/h12-13,16H,5-11H2,1-4H3,(H,18,19). The molecule has 1 aliphatic carbocycles. The molecule has 0 aromatic heterocycles. The van der Waals surface area contributed by atoms with Crippen molar-refractivity contribution in [2.75, 3.05) is 27.2 Å². The van der Waals surface area contributed by atoms with E-state index in [2.05, 4.69) is 24.1 Å². The molecule has 2 N–H and O–H groups in total. The van der Waals surface area contributed by atoms with Crippen LogP contribution in [0.4, 0.5) is 0 Å². The Labute approximate surface area is 117 Å². The minimum Gasteiger partial charge on any atom is -0.480 e. The topological polar surface area (TPSA) is 52.6 Å². The number of carboxylic acids is 1. The van der Waals surface area contributed by atoms with Crippen molar-refractivity contribution in [1.82, 2.24) is 10.2 Å². The maximum absolute atomic E-state index is 11.7. The van der Waals surface area contributed by atoms with Gasteiger partial charge in [0.15, 0.2) is 0 Å². The van der Waals surface area contributed by atoms with Crippen molar-refractivity contribution in [3.05, 3.63) is 0 Å². The molecule has 1 saturated carbocycles. The van der Waals surface area contributed by atoms with E-state index in [-0.39, 0.29) is 0 Å². The quantitative estimate of drug-likeness (QED) is 0.744. The number of likely N-dealkylation sites (N-methyl/N-ethyl adjacent to an activating group) is 1. The number of hydrogen-bond acceptors (Lipinski definition) is 3. The molecule has 2 atom stereocenters. The molecule has 0 aromatic rings. The zero-order valence-electron chi connectivity index (χ0n) is 12.9. The van der Waals surface area contributed by atoms with Crippen molar-refractivity contribution >= 4 is 5.97 Å². The molecule has 0 heterocycles. The van der Waals surface area contributed by atoms with Gasteiger partial charge in [-0.2, -0.15) is 0 Å². The van der Waals surface area contributed by atoms with E-state index in [1.54, 1.807) is 0 Å². The van der Waals surface area contributed by atoms with Crippen molar-refractivity contribution in [2.24, 2.45) is 11.8 Å². The lowest BCUT2D eigenvalue weighted by atomic mass is 9.73. The molecule has 19 heavy (non-hydrogen) atoms. The summed E-state index contributed by atoms with van der Waals surface area (Å²) in [5.41, 5.74) is -0.687. The van der Waals surface area contributed by atoms with Crippen molar-refractivity contribution in [3.8, 4) is 0 Å². The Kier molecular flexibility index (Phi) is 6.27. The summed E-state index contributed by atoms with van der Waals surface area (Å²) in [6, 6.07) is 0. The Morgan fingerprint density at radius 1 is 1.47 bits per heavy atom. The van der Waals surface area contributed by atoms with Crippen LogP contribution < -0.4 is 5.32 Å². The highest BCUT2D eigenvalue weighted by atomic mass is 16.4. The zero-order valence-corrected chi connectivity index (χ0v) is 12.9. The van der Waals surface area contributed by atoms with Crippen LogP contribution in [0.3, 0.4) is 0 Å². The smallest absolute Gasteiger partial charge is 0.323 e. The molecule has 0 bridgehead atoms. The summed E-state index contributed by atoms with van der Waals surface area (Å²) in [4.78, 5) is 13.8. The average Bonchev–Trinajstić information content (AvgIpc) is 2.27. The van der Waals surface area contributed by atoms with Gasteiger partial charge in [0, 0.05) is 13.1 Å². The fraction of sp³-hybridized carbons (Fsp3) is 0.933. The number of rotatable bonds is 7. The van der Waals surface area contributed by atoms with Gasteiger partial charge >= 0.3 is 5.97 Å². The summed E-state index contributed by atoms with van der Waals surface area (Å²) < 4.78 is 0. The van der Waals surface area contributed by atoms with Gasteiger partial charge in [0.05, 0.1) is 0 Å². The van der Waals surface area contributed by atoms with Crippen molar-refractivity contribution in [3.63, 3.8) is 0 Å². The second-order valence-electron chi connectivity index (χ2n) is 6.71. The first-order valence-electron chi connectivity index (χ1n) is 7.49. The SMILES string of the molecule is CC(C)CC1CCCC(NCCN(C)C)(C(=O)O)C1. The molecule has 112 valence electrons. The van der Waals surface area contributed by atoms with Crippen LogP contribution >= 0.6 is 0 Å². The lowest BCUT2D eigenvalue weighted by molar-refractivity contribution is -0.147. The molecule has 0 aromatic carbocycles. The van der Waals surface area contributed by atoms with Crippen molar-refractivity contribution in [1.29, 1.82) is 0 Å². The summed E-state index contributed by atoms with van der Waals surface area (Å²) in [6.07, 6.45) is 4.91. The number of carboxylic acid groups (broad SMARTS) is 1. The molecule has 4 nitrogen and oxygen atoms in total. The number of aliphatic carboxylic acids is 1. The van der Waals surface area contributed by atoms with Crippen LogP contribution in [0.2, 0.25) is 0 Å². The molecule has 1 aliphatic rings. The van der Waals surface area contributed by atoms with Crippen molar-refractivity contribution < 1.29 is 9.90 Å². The molecule has 0 spiro atoms. The molecule has 4 heteroatoms. The Balaban J connectivity index is 2.61. The van der Waals surface area contributed by atoms with Gasteiger partial charge in [0.25, 0.3) is 0 Å². The third-order valence-electron chi connectivity index (χ3n) is 4.09. The molecule has 2 unspecified atom stereocenters. The van der Waals surface area contributed by atoms with Crippen LogP contribution in [-0.2, 0) is 4.79 Å². The zero-order chi connectivity index (χ0) is 14.5. The summed E-state index contributed by atoms with van der Waals surface area (Å²) in [7, 11) is 4.02. The molecular formula is C15H30N2O2. The summed E-state index contributed by atoms with van der Waals surface area (Å²) >= 11 is 0. The molecule has 0 aliphatic heterocycles. The van der Waals surface area contributed by atoms with Gasteiger partial charge in [-0.15, -0.1) is 0 Å². The normalized spacial score (nSPS) is 28.0. The second kappa shape index (κ2) is 7.25. The highest BCUT2D eigenvalue weighted by Gasteiger charge is 2.42. The van der Waals surface area contributed by atoms with Gasteiger partial charge in [-0.05, 0) is 45.2 Å². The molecule has 1 rings (SSSR count). The van der Waals surface area contributed by atoms with E-state index in [1.165, 1.54) is 6.42 Å². The van der Waals surface area contributed by atoms with E-state index in [0.29, 0.717) is 11.8 Å². The van der Waals surface area contributed by atoms with E-state index in [4.69, 9.17) is 0 Å². The van der Waals surface area contributed by atoms with Gasteiger partial charge < -0.3 is 15.3 Å².